The second-order valence-electron chi connectivity index (χ2n) is 7.07. The number of halogens is 1. The number of amides is 1. The Morgan fingerprint density at radius 1 is 1.23 bits per heavy atom. The number of aryl methyl sites for hydroxylation is 1. The largest absolute Gasteiger partial charge is 0.493 e. The predicted octanol–water partition coefficient (Wildman–Crippen LogP) is 4.87. The molecule has 2 heterocycles. The van der Waals surface area contributed by atoms with Gasteiger partial charge in [0.05, 0.1) is 23.9 Å². The molecular weight excluding hydrogens is 348 g/mol. The van der Waals surface area contributed by atoms with Gasteiger partial charge in [0.1, 0.15) is 5.75 Å². The van der Waals surface area contributed by atoms with E-state index in [1.165, 1.54) is 0 Å². The first-order valence-electron chi connectivity index (χ1n) is 9.30. The summed E-state index contributed by atoms with van der Waals surface area (Å²) in [5.41, 5.74) is 2.54. The zero-order valence-electron chi connectivity index (χ0n) is 15.0. The van der Waals surface area contributed by atoms with Crippen LogP contribution in [0.15, 0.2) is 29.3 Å². The minimum absolute atomic E-state index is 0.0981. The van der Waals surface area contributed by atoms with Crippen molar-refractivity contribution in [1.29, 1.82) is 0 Å². The van der Waals surface area contributed by atoms with Crippen LogP contribution in [-0.2, 0) is 0 Å². The summed E-state index contributed by atoms with van der Waals surface area (Å²) in [6.45, 7) is 3.52. The molecule has 1 atom stereocenters. The molecule has 0 aromatic heterocycles. The zero-order chi connectivity index (χ0) is 18.1. The third kappa shape index (κ3) is 3.18. The lowest BCUT2D eigenvalue weighted by Gasteiger charge is -2.20. The van der Waals surface area contributed by atoms with E-state index in [0.717, 1.165) is 60.0 Å². The first kappa shape index (κ1) is 17.3. The van der Waals surface area contributed by atoms with Crippen molar-refractivity contribution in [2.24, 2.45) is 4.99 Å². The van der Waals surface area contributed by atoms with E-state index in [0.29, 0.717) is 18.1 Å². The average molecular weight is 371 g/mol. The molecule has 0 saturated carbocycles. The van der Waals surface area contributed by atoms with Crippen LogP contribution in [0.1, 0.15) is 41.6 Å². The van der Waals surface area contributed by atoms with Gasteiger partial charge in [0.2, 0.25) is 0 Å². The van der Waals surface area contributed by atoms with E-state index in [-0.39, 0.29) is 11.9 Å². The number of fused-ring (bicyclic) bond motifs is 3. The number of unbranched alkanes of at least 4 members (excludes halogenated alkanes) is 1. The Kier molecular flexibility index (Phi) is 4.86. The Hall–Kier alpha value is -2.07. The molecule has 1 amide bonds. The van der Waals surface area contributed by atoms with Crippen molar-refractivity contribution in [3.05, 3.63) is 35.4 Å². The van der Waals surface area contributed by atoms with Crippen LogP contribution < -0.4 is 4.74 Å². The molecule has 1 fully saturated rings. The molecule has 1 saturated heterocycles. The van der Waals surface area contributed by atoms with Crippen molar-refractivity contribution >= 4 is 40.2 Å². The molecule has 136 valence electrons. The van der Waals surface area contributed by atoms with Crippen LogP contribution in [0, 0.1) is 6.92 Å². The number of carbonyl (C=O) groups excluding carboxylic acids is 1. The van der Waals surface area contributed by atoms with Crippen LogP contribution in [0.2, 0.25) is 0 Å². The number of ether oxygens (including phenoxy) is 1. The van der Waals surface area contributed by atoms with Gasteiger partial charge < -0.3 is 9.64 Å². The maximum Gasteiger partial charge on any atom is 0.256 e. The fourth-order valence-corrected chi connectivity index (χ4v) is 3.95. The lowest BCUT2D eigenvalue weighted by molar-refractivity contribution is 0.0775. The number of benzene rings is 2. The Balaban J connectivity index is 1.69. The number of nitrogens with zero attached hydrogens (tertiary/aromatic N) is 2. The molecule has 2 aliphatic heterocycles. The molecule has 0 bridgehead atoms. The van der Waals surface area contributed by atoms with Crippen LogP contribution in [0.4, 0.5) is 5.69 Å². The maximum absolute atomic E-state index is 12.9. The summed E-state index contributed by atoms with van der Waals surface area (Å²) >= 11 is 5.72. The molecule has 26 heavy (non-hydrogen) atoms. The zero-order valence-corrected chi connectivity index (χ0v) is 15.8. The summed E-state index contributed by atoms with van der Waals surface area (Å²) < 4.78 is 5.93. The Bertz CT molecular complexity index is 878. The van der Waals surface area contributed by atoms with E-state index < -0.39 is 0 Å². The molecule has 0 radical (unpaired) electrons. The molecule has 2 aromatic rings. The number of rotatable bonds is 5. The number of hydrogen-bond acceptors (Lipinski definition) is 3. The van der Waals surface area contributed by atoms with Gasteiger partial charge in [-0.05, 0) is 73.2 Å². The number of aliphatic imine (C=N–C) groups is 1. The number of hydrogen-bond donors (Lipinski definition) is 0. The first-order chi connectivity index (χ1) is 12.7. The monoisotopic (exact) mass is 370 g/mol. The molecule has 0 unspecified atom stereocenters. The van der Waals surface area contributed by atoms with Gasteiger partial charge in [0.25, 0.3) is 5.91 Å². The lowest BCUT2D eigenvalue weighted by Crippen LogP contribution is -2.35. The van der Waals surface area contributed by atoms with Crippen molar-refractivity contribution in [3.63, 3.8) is 0 Å². The van der Waals surface area contributed by atoms with Crippen molar-refractivity contribution in [2.75, 3.05) is 19.0 Å². The standard InChI is InChI=1S/C21H23ClN2O2/c1-14-9-15-10-18-19(23-13-17-5-4-7-24(17)21(18)25)11-16(15)12-20(14)26-8-3-2-6-22/h9-13,17H,2-8H2,1H3/t17-/m0/s1. The van der Waals surface area contributed by atoms with Crippen molar-refractivity contribution < 1.29 is 9.53 Å². The van der Waals surface area contributed by atoms with Crippen LogP contribution >= 0.6 is 11.6 Å². The summed E-state index contributed by atoms with van der Waals surface area (Å²) in [5.74, 6) is 1.65. The first-order valence-corrected chi connectivity index (χ1v) is 9.83. The highest BCUT2D eigenvalue weighted by Gasteiger charge is 2.31. The van der Waals surface area contributed by atoms with E-state index in [1.54, 1.807) is 0 Å². The van der Waals surface area contributed by atoms with E-state index in [1.807, 2.05) is 30.2 Å². The molecule has 2 aromatic carbocycles. The van der Waals surface area contributed by atoms with Gasteiger partial charge in [0, 0.05) is 18.6 Å². The van der Waals surface area contributed by atoms with Crippen LogP contribution in [0.25, 0.3) is 10.8 Å². The van der Waals surface area contributed by atoms with Gasteiger partial charge in [-0.2, -0.15) is 0 Å². The van der Waals surface area contributed by atoms with E-state index in [4.69, 9.17) is 16.3 Å². The van der Waals surface area contributed by atoms with E-state index >= 15 is 0 Å². The Morgan fingerprint density at radius 2 is 2.08 bits per heavy atom. The maximum atomic E-state index is 12.9. The summed E-state index contributed by atoms with van der Waals surface area (Å²) in [6, 6.07) is 8.27. The average Bonchev–Trinajstić information content (AvgIpc) is 3.07. The third-order valence-electron chi connectivity index (χ3n) is 5.21. The SMILES string of the molecule is Cc1cc2cc3c(cc2cc1OCCCCCl)N=C[C@@H]1CCCN1C3=O. The van der Waals surface area contributed by atoms with Gasteiger partial charge in [-0.15, -0.1) is 11.6 Å². The fourth-order valence-electron chi connectivity index (χ4n) is 3.76. The molecular formula is C21H23ClN2O2. The Morgan fingerprint density at radius 3 is 2.92 bits per heavy atom. The summed E-state index contributed by atoms with van der Waals surface area (Å²) in [7, 11) is 0. The second kappa shape index (κ2) is 7.28. The summed E-state index contributed by atoms with van der Waals surface area (Å²) in [4.78, 5) is 19.5. The predicted molar refractivity (Wildman–Crippen MR) is 106 cm³/mol. The van der Waals surface area contributed by atoms with Crippen LogP contribution in [-0.4, -0.2) is 42.1 Å². The molecule has 4 rings (SSSR count). The topological polar surface area (TPSA) is 41.9 Å². The van der Waals surface area contributed by atoms with Gasteiger partial charge >= 0.3 is 0 Å². The number of alkyl halides is 1. The van der Waals surface area contributed by atoms with E-state index in [9.17, 15) is 4.79 Å². The molecule has 5 heteroatoms. The van der Waals surface area contributed by atoms with Crippen molar-refractivity contribution in [3.8, 4) is 5.75 Å². The van der Waals surface area contributed by atoms with Crippen molar-refractivity contribution in [2.45, 2.75) is 38.6 Å². The number of carbonyl (C=O) groups is 1. The van der Waals surface area contributed by atoms with E-state index in [2.05, 4.69) is 17.1 Å². The van der Waals surface area contributed by atoms with Gasteiger partial charge in [-0.25, -0.2) is 0 Å². The third-order valence-corrected chi connectivity index (χ3v) is 5.48. The van der Waals surface area contributed by atoms with Crippen LogP contribution in [0.3, 0.4) is 0 Å². The minimum Gasteiger partial charge on any atom is -0.493 e. The summed E-state index contributed by atoms with van der Waals surface area (Å²) in [5, 5.41) is 2.10. The van der Waals surface area contributed by atoms with Crippen LogP contribution in [0.5, 0.6) is 5.75 Å². The molecule has 0 spiro atoms. The smallest absolute Gasteiger partial charge is 0.256 e. The second-order valence-corrected chi connectivity index (χ2v) is 7.44. The lowest BCUT2D eigenvalue weighted by atomic mass is 10.0. The molecule has 4 nitrogen and oxygen atoms in total. The summed E-state index contributed by atoms with van der Waals surface area (Å²) in [6.07, 6.45) is 5.88. The highest BCUT2D eigenvalue weighted by atomic mass is 35.5. The fraction of sp³-hybridized carbons (Fsp3) is 0.429. The highest BCUT2D eigenvalue weighted by Crippen LogP contribution is 2.34. The Labute approximate surface area is 158 Å². The van der Waals surface area contributed by atoms with Gasteiger partial charge in [-0.3, -0.25) is 9.79 Å². The normalized spacial score (nSPS) is 18.8. The molecule has 0 aliphatic carbocycles. The highest BCUT2D eigenvalue weighted by molar-refractivity contribution is 6.17. The van der Waals surface area contributed by atoms with Gasteiger partial charge in [-0.1, -0.05) is 0 Å². The molecule has 2 aliphatic rings. The molecule has 0 N–H and O–H groups in total. The minimum atomic E-state index is 0.0981. The quantitative estimate of drug-likeness (QED) is 0.556. The van der Waals surface area contributed by atoms with Gasteiger partial charge in [0.15, 0.2) is 0 Å². The van der Waals surface area contributed by atoms with Crippen molar-refractivity contribution in [1.82, 2.24) is 4.90 Å².